The predicted octanol–water partition coefficient (Wildman–Crippen LogP) is 4.65. The summed E-state index contributed by atoms with van der Waals surface area (Å²) >= 11 is 0. The van der Waals surface area contributed by atoms with Crippen molar-refractivity contribution in [1.29, 1.82) is 0 Å². The van der Waals surface area contributed by atoms with Crippen LogP contribution in [0, 0.1) is 6.92 Å². The third-order valence-corrected chi connectivity index (χ3v) is 4.04. The van der Waals surface area contributed by atoms with E-state index in [0.29, 0.717) is 5.56 Å². The van der Waals surface area contributed by atoms with E-state index in [1.165, 1.54) is 5.56 Å². The van der Waals surface area contributed by atoms with Crippen molar-refractivity contribution in [1.82, 2.24) is 9.97 Å². The molecule has 2 aromatic carbocycles. The van der Waals surface area contributed by atoms with E-state index in [0.717, 1.165) is 39.5 Å². The number of carbonyl (C=O) groups excluding carboxylic acids is 1. The molecule has 0 unspecified atom stereocenters. The standard InChI is InChI=1S/C20H15N3O/c1-13-3-2-4-15(9-13)22-20-17-7-8-21-11-18(17)16-6-5-14(12-24)10-19(16)23-20/h2-12H,1H3,(H,22,23). The lowest BCUT2D eigenvalue weighted by Crippen LogP contribution is -1.97. The largest absolute Gasteiger partial charge is 0.340 e. The number of aromatic nitrogens is 2. The van der Waals surface area contributed by atoms with Crippen molar-refractivity contribution in [2.45, 2.75) is 6.92 Å². The third-order valence-electron chi connectivity index (χ3n) is 4.04. The molecule has 4 aromatic rings. The number of nitrogens with zero attached hydrogens (tertiary/aromatic N) is 2. The molecule has 0 spiro atoms. The van der Waals surface area contributed by atoms with Crippen LogP contribution in [-0.2, 0) is 0 Å². The number of nitrogens with one attached hydrogen (secondary N) is 1. The number of pyridine rings is 2. The zero-order valence-corrected chi connectivity index (χ0v) is 13.2. The van der Waals surface area contributed by atoms with E-state index in [9.17, 15) is 4.79 Å². The summed E-state index contributed by atoms with van der Waals surface area (Å²) in [5.41, 5.74) is 3.54. The van der Waals surface area contributed by atoms with Crippen LogP contribution in [0.15, 0.2) is 60.9 Å². The summed E-state index contributed by atoms with van der Waals surface area (Å²) in [6.07, 6.45) is 4.43. The highest BCUT2D eigenvalue weighted by molar-refractivity contribution is 6.10. The Morgan fingerprint density at radius 1 is 1.00 bits per heavy atom. The maximum Gasteiger partial charge on any atom is 0.150 e. The van der Waals surface area contributed by atoms with Crippen LogP contribution < -0.4 is 5.32 Å². The number of carbonyl (C=O) groups is 1. The summed E-state index contributed by atoms with van der Waals surface area (Å²) in [5.74, 6) is 0.758. The zero-order valence-electron chi connectivity index (χ0n) is 13.2. The number of anilines is 2. The first-order valence-corrected chi connectivity index (χ1v) is 7.71. The van der Waals surface area contributed by atoms with Gasteiger partial charge in [0.2, 0.25) is 0 Å². The number of fused-ring (bicyclic) bond motifs is 3. The highest BCUT2D eigenvalue weighted by Gasteiger charge is 2.09. The Balaban J connectivity index is 1.96. The highest BCUT2D eigenvalue weighted by atomic mass is 16.1. The maximum atomic E-state index is 11.1. The molecule has 0 bridgehead atoms. The number of hydrogen-bond donors (Lipinski definition) is 1. The Morgan fingerprint density at radius 2 is 1.92 bits per heavy atom. The Hall–Kier alpha value is -3.27. The van der Waals surface area contributed by atoms with Crippen LogP contribution in [0.25, 0.3) is 21.7 Å². The van der Waals surface area contributed by atoms with Gasteiger partial charge in [-0.05, 0) is 36.8 Å². The van der Waals surface area contributed by atoms with Gasteiger partial charge in [-0.3, -0.25) is 9.78 Å². The van der Waals surface area contributed by atoms with Gasteiger partial charge in [-0.1, -0.05) is 24.3 Å². The number of hydrogen-bond acceptors (Lipinski definition) is 4. The molecule has 0 saturated carbocycles. The minimum Gasteiger partial charge on any atom is -0.340 e. The van der Waals surface area contributed by atoms with E-state index >= 15 is 0 Å². The molecule has 24 heavy (non-hydrogen) atoms. The average molecular weight is 313 g/mol. The molecule has 4 nitrogen and oxygen atoms in total. The normalized spacial score (nSPS) is 10.9. The second-order valence-electron chi connectivity index (χ2n) is 5.77. The van der Waals surface area contributed by atoms with Crippen LogP contribution in [-0.4, -0.2) is 16.3 Å². The van der Waals surface area contributed by atoms with E-state index in [4.69, 9.17) is 4.98 Å². The van der Waals surface area contributed by atoms with Crippen LogP contribution >= 0.6 is 0 Å². The fourth-order valence-electron chi connectivity index (χ4n) is 2.89. The topological polar surface area (TPSA) is 54.9 Å². The summed E-state index contributed by atoms with van der Waals surface area (Å²) in [7, 11) is 0. The molecule has 2 heterocycles. The number of aryl methyl sites for hydroxylation is 1. The molecule has 0 aliphatic heterocycles. The van der Waals surface area contributed by atoms with Gasteiger partial charge < -0.3 is 5.32 Å². The quantitative estimate of drug-likeness (QED) is 0.442. The molecule has 0 atom stereocenters. The first-order chi connectivity index (χ1) is 11.7. The summed E-state index contributed by atoms with van der Waals surface area (Å²) in [4.78, 5) is 20.1. The van der Waals surface area contributed by atoms with Gasteiger partial charge in [-0.2, -0.15) is 0 Å². The molecule has 116 valence electrons. The van der Waals surface area contributed by atoms with Gasteiger partial charge in [0, 0.05) is 39.8 Å². The van der Waals surface area contributed by atoms with Crippen molar-refractivity contribution < 1.29 is 4.79 Å². The summed E-state index contributed by atoms with van der Waals surface area (Å²) < 4.78 is 0. The minimum atomic E-state index is 0.611. The molecule has 2 aromatic heterocycles. The lowest BCUT2D eigenvalue weighted by atomic mass is 10.1. The van der Waals surface area contributed by atoms with Gasteiger partial charge >= 0.3 is 0 Å². The highest BCUT2D eigenvalue weighted by Crippen LogP contribution is 2.30. The van der Waals surface area contributed by atoms with Gasteiger partial charge in [-0.25, -0.2) is 4.98 Å². The monoisotopic (exact) mass is 313 g/mol. The molecule has 4 heteroatoms. The van der Waals surface area contributed by atoms with Crippen molar-refractivity contribution in [2.75, 3.05) is 5.32 Å². The van der Waals surface area contributed by atoms with Gasteiger partial charge in [0.25, 0.3) is 0 Å². The van der Waals surface area contributed by atoms with Crippen molar-refractivity contribution in [3.05, 3.63) is 72.1 Å². The van der Waals surface area contributed by atoms with E-state index < -0.39 is 0 Å². The molecule has 0 aliphatic carbocycles. The van der Waals surface area contributed by atoms with E-state index in [1.807, 2.05) is 30.5 Å². The smallest absolute Gasteiger partial charge is 0.150 e. The first kappa shape index (κ1) is 14.3. The van der Waals surface area contributed by atoms with Gasteiger partial charge in [0.05, 0.1) is 5.52 Å². The van der Waals surface area contributed by atoms with Gasteiger partial charge in [0.1, 0.15) is 12.1 Å². The molecule has 1 N–H and O–H groups in total. The Labute approximate surface area is 139 Å². The first-order valence-electron chi connectivity index (χ1n) is 7.71. The lowest BCUT2D eigenvalue weighted by molar-refractivity contribution is 0.112. The SMILES string of the molecule is Cc1cccc(Nc2nc3cc(C=O)ccc3c3cnccc23)c1. The van der Waals surface area contributed by atoms with Crippen LogP contribution in [0.4, 0.5) is 11.5 Å². The second kappa shape index (κ2) is 5.74. The Bertz CT molecular complexity index is 1070. The van der Waals surface area contributed by atoms with Crippen LogP contribution in [0.1, 0.15) is 15.9 Å². The number of rotatable bonds is 3. The van der Waals surface area contributed by atoms with E-state index in [1.54, 1.807) is 18.3 Å². The average Bonchev–Trinajstić information content (AvgIpc) is 2.61. The molecule has 0 aliphatic rings. The third kappa shape index (κ3) is 2.48. The van der Waals surface area contributed by atoms with Crippen LogP contribution in [0.5, 0.6) is 0 Å². The van der Waals surface area contributed by atoms with E-state index in [2.05, 4.69) is 29.4 Å². The molecule has 0 amide bonds. The number of aldehydes is 1. The lowest BCUT2D eigenvalue weighted by Gasteiger charge is -2.12. The summed E-state index contributed by atoms with van der Waals surface area (Å²) in [5, 5.41) is 6.38. The molecule has 0 radical (unpaired) electrons. The minimum absolute atomic E-state index is 0.611. The maximum absolute atomic E-state index is 11.1. The molecular formula is C20H15N3O. The van der Waals surface area contributed by atoms with Crippen LogP contribution in [0.3, 0.4) is 0 Å². The van der Waals surface area contributed by atoms with Gasteiger partial charge in [-0.15, -0.1) is 0 Å². The van der Waals surface area contributed by atoms with E-state index in [-0.39, 0.29) is 0 Å². The Kier molecular flexibility index (Phi) is 3.43. The van der Waals surface area contributed by atoms with Crippen molar-refractivity contribution in [2.24, 2.45) is 0 Å². The molecule has 0 fully saturated rings. The van der Waals surface area contributed by atoms with Crippen molar-refractivity contribution in [3.8, 4) is 0 Å². The second-order valence-corrected chi connectivity index (χ2v) is 5.77. The van der Waals surface area contributed by atoms with Crippen molar-refractivity contribution >= 4 is 39.5 Å². The summed E-state index contributed by atoms with van der Waals surface area (Å²) in [6, 6.07) is 15.6. The number of benzene rings is 2. The van der Waals surface area contributed by atoms with Gasteiger partial charge in [0.15, 0.2) is 0 Å². The van der Waals surface area contributed by atoms with Crippen LogP contribution in [0.2, 0.25) is 0 Å². The fourth-order valence-corrected chi connectivity index (χ4v) is 2.89. The predicted molar refractivity (Wildman–Crippen MR) is 96.9 cm³/mol. The molecule has 0 saturated heterocycles. The summed E-state index contributed by atoms with van der Waals surface area (Å²) in [6.45, 7) is 2.05. The molecular weight excluding hydrogens is 298 g/mol. The fraction of sp³-hybridized carbons (Fsp3) is 0.0500. The zero-order chi connectivity index (χ0) is 16.5. The van der Waals surface area contributed by atoms with Crippen molar-refractivity contribution in [3.63, 3.8) is 0 Å². The Morgan fingerprint density at radius 3 is 2.75 bits per heavy atom. The molecule has 4 rings (SSSR count).